The van der Waals surface area contributed by atoms with Gasteiger partial charge in [0.15, 0.2) is 0 Å². The fourth-order valence-corrected chi connectivity index (χ4v) is 2.83. The Kier molecular flexibility index (Phi) is 6.06. The summed E-state index contributed by atoms with van der Waals surface area (Å²) in [5.74, 6) is -0.0831. The van der Waals surface area contributed by atoms with Gasteiger partial charge in [0.25, 0.3) is 0 Å². The van der Waals surface area contributed by atoms with Crippen LogP contribution in [0.4, 0.5) is 5.69 Å². The van der Waals surface area contributed by atoms with Crippen molar-refractivity contribution in [2.75, 3.05) is 18.4 Å². The molecule has 6 heteroatoms. The van der Waals surface area contributed by atoms with Gasteiger partial charge < -0.3 is 15.7 Å². The van der Waals surface area contributed by atoms with Crippen LogP contribution in [0, 0.1) is 0 Å². The van der Waals surface area contributed by atoms with Gasteiger partial charge in [0.05, 0.1) is 16.8 Å². The van der Waals surface area contributed by atoms with E-state index in [0.29, 0.717) is 6.54 Å². The van der Waals surface area contributed by atoms with E-state index < -0.39 is 0 Å². The topological polar surface area (TPSA) is 74.2 Å². The normalized spacial score (nSPS) is 12.1. The largest absolute Gasteiger partial charge is 0.392 e. The van der Waals surface area contributed by atoms with E-state index in [-0.39, 0.29) is 12.0 Å². The molecular formula is C16H21N3O2S. The molecule has 1 heterocycles. The minimum Gasteiger partial charge on any atom is -0.392 e. The average molecular weight is 319 g/mol. The second-order valence-electron chi connectivity index (χ2n) is 5.19. The molecule has 1 aromatic heterocycles. The number of aliphatic hydroxyl groups is 1. The van der Waals surface area contributed by atoms with Crippen LogP contribution < -0.4 is 10.6 Å². The van der Waals surface area contributed by atoms with Crippen LogP contribution in [0.25, 0.3) is 11.3 Å². The molecule has 1 unspecified atom stereocenters. The van der Waals surface area contributed by atoms with Gasteiger partial charge in [-0.1, -0.05) is 12.1 Å². The molecule has 0 fully saturated rings. The maximum atomic E-state index is 11.1. The van der Waals surface area contributed by atoms with Crippen molar-refractivity contribution in [1.82, 2.24) is 10.3 Å². The highest BCUT2D eigenvalue weighted by Crippen LogP contribution is 2.24. The molecule has 5 nitrogen and oxygen atoms in total. The number of aromatic nitrogens is 1. The smallest absolute Gasteiger partial charge is 0.221 e. The molecule has 3 N–H and O–H groups in total. The number of carbonyl (C=O) groups excluding carboxylic acids is 1. The van der Waals surface area contributed by atoms with Gasteiger partial charge in [-0.15, -0.1) is 11.3 Å². The van der Waals surface area contributed by atoms with Crippen LogP contribution in [0.15, 0.2) is 29.6 Å². The van der Waals surface area contributed by atoms with E-state index in [0.717, 1.165) is 34.9 Å². The van der Waals surface area contributed by atoms with Gasteiger partial charge in [-0.25, -0.2) is 4.98 Å². The second kappa shape index (κ2) is 8.03. The Labute approximate surface area is 134 Å². The molecule has 118 valence electrons. The van der Waals surface area contributed by atoms with Crippen molar-refractivity contribution in [1.29, 1.82) is 0 Å². The lowest BCUT2D eigenvalue weighted by molar-refractivity contribution is -0.114. The molecule has 2 aromatic rings. The van der Waals surface area contributed by atoms with E-state index in [2.05, 4.69) is 15.6 Å². The Bertz CT molecular complexity index is 625. The molecule has 0 aliphatic heterocycles. The lowest BCUT2D eigenvalue weighted by Gasteiger charge is -2.05. The third kappa shape index (κ3) is 5.22. The predicted molar refractivity (Wildman–Crippen MR) is 90.1 cm³/mol. The van der Waals surface area contributed by atoms with Gasteiger partial charge in [-0.05, 0) is 19.1 Å². The fourth-order valence-electron chi connectivity index (χ4n) is 2.02. The Hall–Kier alpha value is -1.76. The molecular weight excluding hydrogens is 298 g/mol. The van der Waals surface area contributed by atoms with E-state index in [1.54, 1.807) is 18.3 Å². The van der Waals surface area contributed by atoms with Crippen LogP contribution in [-0.4, -0.2) is 35.2 Å². The first-order valence-corrected chi connectivity index (χ1v) is 8.14. The summed E-state index contributed by atoms with van der Waals surface area (Å²) >= 11 is 1.62. The van der Waals surface area contributed by atoms with E-state index in [1.807, 2.05) is 29.6 Å². The number of anilines is 1. The highest BCUT2D eigenvalue weighted by atomic mass is 32.1. The standard InChI is InChI=1S/C16H21N3O2S/c1-11(20)9-17-7-6-16-19-15(10-22-16)13-4-3-5-14(8-13)18-12(2)21/h3-5,8,10-11,17,20H,6-7,9H2,1-2H3,(H,18,21). The average Bonchev–Trinajstić information content (AvgIpc) is 2.92. The summed E-state index contributed by atoms with van der Waals surface area (Å²) in [4.78, 5) is 15.7. The minimum atomic E-state index is -0.330. The minimum absolute atomic E-state index is 0.0831. The first-order valence-electron chi connectivity index (χ1n) is 7.26. The lowest BCUT2D eigenvalue weighted by atomic mass is 10.1. The lowest BCUT2D eigenvalue weighted by Crippen LogP contribution is -2.26. The summed E-state index contributed by atoms with van der Waals surface area (Å²) in [7, 11) is 0. The quantitative estimate of drug-likeness (QED) is 0.685. The molecule has 0 saturated carbocycles. The number of nitrogens with zero attached hydrogens (tertiary/aromatic N) is 1. The molecule has 1 aromatic carbocycles. The van der Waals surface area contributed by atoms with Crippen molar-refractivity contribution >= 4 is 22.9 Å². The molecule has 0 aliphatic rings. The molecule has 0 spiro atoms. The van der Waals surface area contributed by atoms with Crippen molar-refractivity contribution in [3.63, 3.8) is 0 Å². The number of nitrogens with one attached hydrogen (secondary N) is 2. The van der Waals surface area contributed by atoms with Crippen LogP contribution >= 0.6 is 11.3 Å². The van der Waals surface area contributed by atoms with Gasteiger partial charge in [0.1, 0.15) is 0 Å². The van der Waals surface area contributed by atoms with E-state index in [9.17, 15) is 9.90 Å². The van der Waals surface area contributed by atoms with Gasteiger partial charge in [-0.2, -0.15) is 0 Å². The van der Waals surface area contributed by atoms with Crippen LogP contribution in [0.1, 0.15) is 18.9 Å². The van der Waals surface area contributed by atoms with Crippen LogP contribution in [-0.2, 0) is 11.2 Å². The summed E-state index contributed by atoms with van der Waals surface area (Å²) in [6, 6.07) is 7.67. The van der Waals surface area contributed by atoms with Crippen molar-refractivity contribution in [2.24, 2.45) is 0 Å². The summed E-state index contributed by atoms with van der Waals surface area (Å²) < 4.78 is 0. The Morgan fingerprint density at radius 1 is 1.45 bits per heavy atom. The van der Waals surface area contributed by atoms with Crippen molar-refractivity contribution in [2.45, 2.75) is 26.4 Å². The SMILES string of the molecule is CC(=O)Nc1cccc(-c2csc(CCNCC(C)O)n2)c1. The number of aliphatic hydroxyl groups excluding tert-OH is 1. The third-order valence-corrected chi connectivity index (χ3v) is 3.89. The first kappa shape index (κ1) is 16.6. The Morgan fingerprint density at radius 3 is 3.00 bits per heavy atom. The summed E-state index contributed by atoms with van der Waals surface area (Å²) in [6.45, 7) is 4.64. The van der Waals surface area contributed by atoms with E-state index in [1.165, 1.54) is 6.92 Å². The molecule has 0 bridgehead atoms. The van der Waals surface area contributed by atoms with Crippen molar-refractivity contribution < 1.29 is 9.90 Å². The number of thiazole rings is 1. The highest BCUT2D eigenvalue weighted by Gasteiger charge is 2.06. The molecule has 2 rings (SSSR count). The third-order valence-electron chi connectivity index (χ3n) is 2.99. The van der Waals surface area contributed by atoms with Gasteiger partial charge in [0, 0.05) is 43.1 Å². The predicted octanol–water partition coefficient (Wildman–Crippen LogP) is 2.28. The van der Waals surface area contributed by atoms with Crippen molar-refractivity contribution in [3.8, 4) is 11.3 Å². The fraction of sp³-hybridized carbons (Fsp3) is 0.375. The summed E-state index contributed by atoms with van der Waals surface area (Å²) in [5, 5.41) is 18.2. The number of amides is 1. The zero-order valence-electron chi connectivity index (χ0n) is 12.8. The summed E-state index contributed by atoms with van der Waals surface area (Å²) in [6.07, 6.45) is 0.506. The molecule has 22 heavy (non-hydrogen) atoms. The zero-order valence-corrected chi connectivity index (χ0v) is 13.6. The van der Waals surface area contributed by atoms with Gasteiger partial charge >= 0.3 is 0 Å². The van der Waals surface area contributed by atoms with Crippen molar-refractivity contribution in [3.05, 3.63) is 34.7 Å². The van der Waals surface area contributed by atoms with Gasteiger partial charge in [0.2, 0.25) is 5.91 Å². The van der Waals surface area contributed by atoms with Crippen LogP contribution in [0.3, 0.4) is 0 Å². The number of hydrogen-bond donors (Lipinski definition) is 3. The number of hydrogen-bond acceptors (Lipinski definition) is 5. The molecule has 0 aliphatic carbocycles. The number of carbonyl (C=O) groups is 1. The Morgan fingerprint density at radius 2 is 2.27 bits per heavy atom. The first-order chi connectivity index (χ1) is 10.5. The van der Waals surface area contributed by atoms with E-state index in [4.69, 9.17) is 0 Å². The van der Waals surface area contributed by atoms with E-state index >= 15 is 0 Å². The van der Waals surface area contributed by atoms with Crippen LogP contribution in [0.5, 0.6) is 0 Å². The second-order valence-corrected chi connectivity index (χ2v) is 6.13. The highest BCUT2D eigenvalue weighted by molar-refractivity contribution is 7.09. The summed E-state index contributed by atoms with van der Waals surface area (Å²) in [5.41, 5.74) is 2.69. The number of rotatable bonds is 7. The zero-order chi connectivity index (χ0) is 15.9. The Balaban J connectivity index is 1.97. The molecule has 0 radical (unpaired) electrons. The molecule has 1 atom stereocenters. The monoisotopic (exact) mass is 319 g/mol. The van der Waals surface area contributed by atoms with Gasteiger partial charge in [-0.3, -0.25) is 4.79 Å². The maximum absolute atomic E-state index is 11.1. The molecule has 1 amide bonds. The maximum Gasteiger partial charge on any atom is 0.221 e. The molecule has 0 saturated heterocycles. The van der Waals surface area contributed by atoms with Crippen LogP contribution in [0.2, 0.25) is 0 Å². The number of benzene rings is 1.